The summed E-state index contributed by atoms with van der Waals surface area (Å²) in [6.45, 7) is 1.88. The number of aryl methyl sites for hydroxylation is 1. The number of anilines is 1. The molecule has 1 aromatic heterocycles. The number of nitrogen functional groups attached to an aromatic ring is 1. The number of hydrogen-bond acceptors (Lipinski definition) is 6. The van der Waals surface area contributed by atoms with Gasteiger partial charge in [-0.3, -0.25) is 4.79 Å². The molecule has 0 aliphatic heterocycles. The zero-order valence-corrected chi connectivity index (χ0v) is 10.3. The fourth-order valence-electron chi connectivity index (χ4n) is 1.40. The van der Waals surface area contributed by atoms with Crippen LogP contribution in [0.5, 0.6) is 0 Å². The van der Waals surface area contributed by atoms with Gasteiger partial charge in [0.05, 0.1) is 6.21 Å². The van der Waals surface area contributed by atoms with Crippen molar-refractivity contribution in [3.8, 4) is 0 Å². The highest BCUT2D eigenvalue weighted by Gasteiger charge is 2.06. The summed E-state index contributed by atoms with van der Waals surface area (Å²) in [5.74, 6) is -0.276. The van der Waals surface area contributed by atoms with Crippen LogP contribution in [0.2, 0.25) is 0 Å². The van der Waals surface area contributed by atoms with Crippen LogP contribution in [0.1, 0.15) is 11.1 Å². The molecule has 1 aromatic carbocycles. The maximum absolute atomic E-state index is 11.5. The van der Waals surface area contributed by atoms with Gasteiger partial charge >= 0.3 is 0 Å². The molecular formula is C11H13N7O. The van der Waals surface area contributed by atoms with Gasteiger partial charge in [-0.15, -0.1) is 0 Å². The summed E-state index contributed by atoms with van der Waals surface area (Å²) in [6.07, 6.45) is 1.58. The second-order valence-electron chi connectivity index (χ2n) is 3.84. The molecule has 0 radical (unpaired) electrons. The summed E-state index contributed by atoms with van der Waals surface area (Å²) in [6, 6.07) is 7.71. The fourth-order valence-corrected chi connectivity index (χ4v) is 1.40. The number of carbonyl (C=O) groups is 1. The van der Waals surface area contributed by atoms with Gasteiger partial charge in [0, 0.05) is 0 Å². The topological polar surface area (TPSA) is 111 Å². The molecule has 2 aromatic rings. The Morgan fingerprint density at radius 1 is 1.53 bits per heavy atom. The summed E-state index contributed by atoms with van der Waals surface area (Å²) < 4.78 is 1.18. The average Bonchev–Trinajstić information content (AvgIpc) is 2.77. The van der Waals surface area contributed by atoms with Crippen LogP contribution in [-0.4, -0.2) is 32.3 Å². The lowest BCUT2D eigenvalue weighted by molar-refractivity contribution is -0.121. The molecule has 1 heterocycles. The van der Waals surface area contributed by atoms with Gasteiger partial charge < -0.3 is 5.73 Å². The van der Waals surface area contributed by atoms with Crippen molar-refractivity contribution in [2.45, 2.75) is 13.5 Å². The largest absolute Gasteiger partial charge is 0.367 e. The Balaban J connectivity index is 1.91. The van der Waals surface area contributed by atoms with Crippen molar-refractivity contribution in [3.05, 3.63) is 35.4 Å². The van der Waals surface area contributed by atoms with Crippen LogP contribution in [0.3, 0.4) is 0 Å². The van der Waals surface area contributed by atoms with Gasteiger partial charge in [0.2, 0.25) is 5.95 Å². The molecule has 0 fully saturated rings. The predicted molar refractivity (Wildman–Crippen MR) is 69.1 cm³/mol. The number of hydrogen-bond donors (Lipinski definition) is 2. The van der Waals surface area contributed by atoms with E-state index in [4.69, 9.17) is 5.73 Å². The third-order valence-electron chi connectivity index (χ3n) is 2.43. The van der Waals surface area contributed by atoms with Gasteiger partial charge in [-0.1, -0.05) is 29.4 Å². The van der Waals surface area contributed by atoms with Crippen LogP contribution >= 0.6 is 0 Å². The van der Waals surface area contributed by atoms with Gasteiger partial charge in [-0.25, -0.2) is 10.1 Å². The zero-order valence-electron chi connectivity index (χ0n) is 10.3. The average molecular weight is 259 g/mol. The van der Waals surface area contributed by atoms with E-state index < -0.39 is 0 Å². The molecule has 2 rings (SSSR count). The van der Waals surface area contributed by atoms with E-state index in [0.717, 1.165) is 11.1 Å². The zero-order chi connectivity index (χ0) is 13.7. The standard InChI is InChI=1S/C11H13N7O/c1-8-4-2-3-5-9(8)6-13-14-10(19)7-18-11(12)15-16-17-18/h2-6H,7H2,1H3,(H,14,19)(H2,12,15,17)/b13-6+. The van der Waals surface area contributed by atoms with E-state index in [9.17, 15) is 4.79 Å². The van der Waals surface area contributed by atoms with Crippen molar-refractivity contribution in [1.82, 2.24) is 25.6 Å². The van der Waals surface area contributed by atoms with E-state index in [1.54, 1.807) is 6.21 Å². The van der Waals surface area contributed by atoms with Crippen LogP contribution in [0.25, 0.3) is 0 Å². The molecule has 1 amide bonds. The lowest BCUT2D eigenvalue weighted by Crippen LogP contribution is -2.24. The van der Waals surface area contributed by atoms with E-state index in [1.165, 1.54) is 4.68 Å². The molecule has 0 aliphatic rings. The van der Waals surface area contributed by atoms with Crippen molar-refractivity contribution >= 4 is 18.1 Å². The van der Waals surface area contributed by atoms with Crippen molar-refractivity contribution in [3.63, 3.8) is 0 Å². The minimum atomic E-state index is -0.358. The molecule has 0 unspecified atom stereocenters. The highest BCUT2D eigenvalue weighted by molar-refractivity contribution is 5.83. The first-order chi connectivity index (χ1) is 9.16. The molecule has 0 aliphatic carbocycles. The second kappa shape index (κ2) is 5.71. The molecule has 0 spiro atoms. The van der Waals surface area contributed by atoms with E-state index >= 15 is 0 Å². The number of aromatic nitrogens is 4. The first-order valence-electron chi connectivity index (χ1n) is 5.56. The first-order valence-corrected chi connectivity index (χ1v) is 5.56. The molecule has 0 bridgehead atoms. The van der Waals surface area contributed by atoms with Gasteiger partial charge in [0.1, 0.15) is 6.54 Å². The van der Waals surface area contributed by atoms with Gasteiger partial charge in [0.25, 0.3) is 5.91 Å². The molecule has 8 heteroatoms. The summed E-state index contributed by atoms with van der Waals surface area (Å²) in [5, 5.41) is 14.2. The Morgan fingerprint density at radius 3 is 3.00 bits per heavy atom. The van der Waals surface area contributed by atoms with Crippen molar-refractivity contribution in [1.29, 1.82) is 0 Å². The Bertz CT molecular complexity index is 605. The first kappa shape index (κ1) is 12.7. The minimum Gasteiger partial charge on any atom is -0.367 e. The van der Waals surface area contributed by atoms with Crippen LogP contribution in [0, 0.1) is 6.92 Å². The fraction of sp³-hybridized carbons (Fsp3) is 0.182. The Morgan fingerprint density at radius 2 is 2.32 bits per heavy atom. The van der Waals surface area contributed by atoms with Crippen molar-refractivity contribution < 1.29 is 4.79 Å². The van der Waals surface area contributed by atoms with Gasteiger partial charge in [-0.05, 0) is 28.5 Å². The van der Waals surface area contributed by atoms with E-state index in [1.807, 2.05) is 31.2 Å². The number of nitrogens with one attached hydrogen (secondary N) is 1. The Hall–Kier alpha value is -2.77. The van der Waals surface area contributed by atoms with Crippen molar-refractivity contribution in [2.24, 2.45) is 5.10 Å². The van der Waals surface area contributed by atoms with Crippen LogP contribution in [0.4, 0.5) is 5.95 Å². The SMILES string of the molecule is Cc1ccccc1/C=N/NC(=O)Cn1nnnc1N. The molecule has 98 valence electrons. The summed E-state index contributed by atoms with van der Waals surface area (Å²) in [5.41, 5.74) is 9.83. The van der Waals surface area contributed by atoms with E-state index in [-0.39, 0.29) is 18.4 Å². The monoisotopic (exact) mass is 259 g/mol. The quantitative estimate of drug-likeness (QED) is 0.579. The van der Waals surface area contributed by atoms with Gasteiger partial charge in [0.15, 0.2) is 0 Å². The number of nitrogens with zero attached hydrogens (tertiary/aromatic N) is 5. The molecule has 8 nitrogen and oxygen atoms in total. The summed E-state index contributed by atoms with van der Waals surface area (Å²) in [7, 11) is 0. The van der Waals surface area contributed by atoms with Crippen LogP contribution < -0.4 is 11.2 Å². The van der Waals surface area contributed by atoms with Crippen LogP contribution in [-0.2, 0) is 11.3 Å². The lowest BCUT2D eigenvalue weighted by atomic mass is 10.1. The second-order valence-corrected chi connectivity index (χ2v) is 3.84. The summed E-state index contributed by atoms with van der Waals surface area (Å²) >= 11 is 0. The maximum atomic E-state index is 11.5. The minimum absolute atomic E-state index is 0.0794. The number of benzene rings is 1. The molecule has 0 saturated heterocycles. The predicted octanol–water partition coefficient (Wildman–Crippen LogP) is -0.286. The maximum Gasteiger partial charge on any atom is 0.261 e. The molecule has 19 heavy (non-hydrogen) atoms. The van der Waals surface area contributed by atoms with Gasteiger partial charge in [-0.2, -0.15) is 5.10 Å². The molecule has 0 saturated carbocycles. The highest BCUT2D eigenvalue weighted by Crippen LogP contribution is 2.03. The number of hydrazone groups is 1. The van der Waals surface area contributed by atoms with E-state index in [0.29, 0.717) is 0 Å². The summed E-state index contributed by atoms with van der Waals surface area (Å²) in [4.78, 5) is 11.5. The van der Waals surface area contributed by atoms with Crippen molar-refractivity contribution in [2.75, 3.05) is 5.73 Å². The number of amides is 1. The number of carbonyl (C=O) groups excluding carboxylic acids is 1. The Labute approximate surface area is 109 Å². The number of rotatable bonds is 4. The lowest BCUT2D eigenvalue weighted by Gasteiger charge is -2.01. The highest BCUT2D eigenvalue weighted by atomic mass is 16.2. The third kappa shape index (κ3) is 3.35. The normalized spacial score (nSPS) is 10.8. The third-order valence-corrected chi connectivity index (χ3v) is 2.43. The smallest absolute Gasteiger partial charge is 0.261 e. The molecular weight excluding hydrogens is 246 g/mol. The molecule has 0 atom stereocenters. The number of tetrazole rings is 1. The molecule has 3 N–H and O–H groups in total. The number of nitrogens with two attached hydrogens (primary N) is 1. The van der Waals surface area contributed by atoms with Crippen LogP contribution in [0.15, 0.2) is 29.4 Å². The Kier molecular flexibility index (Phi) is 3.81. The van der Waals surface area contributed by atoms with E-state index in [2.05, 4.69) is 26.1 Å².